The molecule has 0 amide bonds. The van der Waals surface area contributed by atoms with E-state index in [2.05, 4.69) is 0 Å². The molecule has 174 valence electrons. The van der Waals surface area contributed by atoms with E-state index in [1.165, 1.54) is 13.0 Å². The topological polar surface area (TPSA) is 82.8 Å². The van der Waals surface area contributed by atoms with Crippen molar-refractivity contribution in [3.63, 3.8) is 0 Å². The van der Waals surface area contributed by atoms with Gasteiger partial charge in [-0.1, -0.05) is 60.7 Å². The van der Waals surface area contributed by atoms with E-state index in [-0.39, 0.29) is 16.9 Å². The standard InChI is InChI=1S/C29H22O6/c1-17(30)33-26-20-14-15-29(2,3)35-27(20)23-21(18-10-6-4-7-11-18)16-22(31)34-28(23)24(26)25(32)19-12-8-5-9-13-19/h4-16H,1-3H3. The van der Waals surface area contributed by atoms with Crippen LogP contribution in [0.5, 0.6) is 11.5 Å². The number of ether oxygens (including phenoxy) is 2. The van der Waals surface area contributed by atoms with Crippen molar-refractivity contribution in [2.24, 2.45) is 0 Å². The number of hydrogen-bond donors (Lipinski definition) is 0. The normalized spacial score (nSPS) is 13.7. The zero-order valence-electron chi connectivity index (χ0n) is 19.5. The molecule has 0 fully saturated rings. The fourth-order valence-corrected chi connectivity index (χ4v) is 4.24. The van der Waals surface area contributed by atoms with Gasteiger partial charge in [-0.3, -0.25) is 9.59 Å². The molecule has 0 bridgehead atoms. The quantitative estimate of drug-likeness (QED) is 0.164. The lowest BCUT2D eigenvalue weighted by molar-refractivity contribution is -0.131. The van der Waals surface area contributed by atoms with Gasteiger partial charge in [-0.2, -0.15) is 0 Å². The molecule has 35 heavy (non-hydrogen) atoms. The molecular weight excluding hydrogens is 444 g/mol. The first-order valence-corrected chi connectivity index (χ1v) is 11.1. The van der Waals surface area contributed by atoms with E-state index < -0.39 is 23.0 Å². The number of hydrogen-bond acceptors (Lipinski definition) is 6. The van der Waals surface area contributed by atoms with Gasteiger partial charge in [0.1, 0.15) is 16.9 Å². The highest BCUT2D eigenvalue weighted by Gasteiger charge is 2.34. The Bertz CT molecular complexity index is 1560. The number of carbonyl (C=O) groups is 2. The Labute approximate surface area is 201 Å². The average molecular weight is 466 g/mol. The summed E-state index contributed by atoms with van der Waals surface area (Å²) in [5.74, 6) is -0.695. The summed E-state index contributed by atoms with van der Waals surface area (Å²) in [6.45, 7) is 5.02. The molecule has 0 spiro atoms. The highest BCUT2D eigenvalue weighted by molar-refractivity contribution is 6.21. The second-order valence-electron chi connectivity index (χ2n) is 8.82. The maximum atomic E-state index is 13.8. The summed E-state index contributed by atoms with van der Waals surface area (Å²) in [5.41, 5.74) is 0.751. The molecule has 3 aromatic carbocycles. The van der Waals surface area contributed by atoms with E-state index in [0.717, 1.165) is 5.56 Å². The van der Waals surface area contributed by atoms with Crippen LogP contribution in [0.25, 0.3) is 28.2 Å². The Balaban J connectivity index is 1.98. The molecule has 5 rings (SSSR count). The predicted molar refractivity (Wildman–Crippen MR) is 133 cm³/mol. The third-order valence-electron chi connectivity index (χ3n) is 5.74. The highest BCUT2D eigenvalue weighted by Crippen LogP contribution is 2.48. The zero-order valence-corrected chi connectivity index (χ0v) is 19.5. The molecule has 0 saturated carbocycles. The van der Waals surface area contributed by atoms with Gasteiger partial charge < -0.3 is 13.9 Å². The number of esters is 1. The monoisotopic (exact) mass is 466 g/mol. The smallest absolute Gasteiger partial charge is 0.336 e. The molecule has 2 heterocycles. The molecule has 6 heteroatoms. The first-order valence-electron chi connectivity index (χ1n) is 11.1. The van der Waals surface area contributed by atoms with Gasteiger partial charge in [-0.05, 0) is 31.6 Å². The Hall–Kier alpha value is -4.45. The van der Waals surface area contributed by atoms with Crippen molar-refractivity contribution in [2.75, 3.05) is 0 Å². The maximum Gasteiger partial charge on any atom is 0.336 e. The number of ketones is 1. The third-order valence-corrected chi connectivity index (χ3v) is 5.74. The fourth-order valence-electron chi connectivity index (χ4n) is 4.24. The van der Waals surface area contributed by atoms with Crippen molar-refractivity contribution in [3.05, 3.63) is 99.9 Å². The van der Waals surface area contributed by atoms with Gasteiger partial charge >= 0.3 is 11.6 Å². The van der Waals surface area contributed by atoms with Crippen LogP contribution in [0.1, 0.15) is 42.3 Å². The summed E-state index contributed by atoms with van der Waals surface area (Å²) in [4.78, 5) is 38.7. The minimum atomic E-state index is -0.692. The van der Waals surface area contributed by atoms with Crippen LogP contribution in [-0.2, 0) is 4.79 Å². The van der Waals surface area contributed by atoms with Crippen molar-refractivity contribution in [2.45, 2.75) is 26.4 Å². The summed E-state index contributed by atoms with van der Waals surface area (Å²) in [6, 6.07) is 19.3. The van der Waals surface area contributed by atoms with Gasteiger partial charge in [0.15, 0.2) is 11.3 Å². The minimum Gasteiger partial charge on any atom is -0.482 e. The van der Waals surface area contributed by atoms with Gasteiger partial charge in [-0.25, -0.2) is 4.79 Å². The van der Waals surface area contributed by atoms with Crippen molar-refractivity contribution >= 4 is 28.8 Å². The molecule has 0 radical (unpaired) electrons. The number of carbonyl (C=O) groups excluding carboxylic acids is 2. The van der Waals surface area contributed by atoms with E-state index >= 15 is 0 Å². The lowest BCUT2D eigenvalue weighted by atomic mass is 9.90. The van der Waals surface area contributed by atoms with Crippen molar-refractivity contribution < 1.29 is 23.5 Å². The Morgan fingerprint density at radius 2 is 1.60 bits per heavy atom. The van der Waals surface area contributed by atoms with Gasteiger partial charge in [0.2, 0.25) is 5.78 Å². The maximum absolute atomic E-state index is 13.8. The molecule has 1 aliphatic rings. The second kappa shape index (κ2) is 8.40. The SMILES string of the molecule is CC(=O)Oc1c2c(c3c(-c4ccccc4)cc(=O)oc3c1C(=O)c1ccccc1)OC(C)(C)C=C2. The van der Waals surface area contributed by atoms with Gasteiger partial charge in [0.05, 0.1) is 10.9 Å². The van der Waals surface area contributed by atoms with E-state index in [1.807, 2.05) is 50.3 Å². The lowest BCUT2D eigenvalue weighted by Gasteiger charge is -2.30. The van der Waals surface area contributed by atoms with Crippen LogP contribution >= 0.6 is 0 Å². The predicted octanol–water partition coefficient (Wildman–Crippen LogP) is 5.80. The first kappa shape index (κ1) is 22.3. The number of benzene rings is 3. The molecule has 0 aliphatic carbocycles. The molecule has 0 N–H and O–H groups in total. The molecule has 0 saturated heterocycles. The first-order chi connectivity index (χ1) is 16.7. The molecule has 0 atom stereocenters. The summed E-state index contributed by atoms with van der Waals surface area (Å²) < 4.78 is 17.6. The molecule has 1 aromatic heterocycles. The summed E-state index contributed by atoms with van der Waals surface area (Å²) >= 11 is 0. The Morgan fingerprint density at radius 1 is 0.943 bits per heavy atom. The average Bonchev–Trinajstić information content (AvgIpc) is 2.83. The van der Waals surface area contributed by atoms with E-state index in [1.54, 1.807) is 36.4 Å². The van der Waals surface area contributed by atoms with Crippen LogP contribution in [0.3, 0.4) is 0 Å². The minimum absolute atomic E-state index is 0.00559. The summed E-state index contributed by atoms with van der Waals surface area (Å²) in [6.07, 6.45) is 3.60. The van der Waals surface area contributed by atoms with Crippen LogP contribution in [0.2, 0.25) is 0 Å². The number of rotatable bonds is 4. The van der Waals surface area contributed by atoms with Crippen molar-refractivity contribution in [3.8, 4) is 22.6 Å². The van der Waals surface area contributed by atoms with Crippen molar-refractivity contribution in [1.82, 2.24) is 0 Å². The Kier molecular flexibility index (Phi) is 5.36. The highest BCUT2D eigenvalue weighted by atomic mass is 16.5. The Morgan fingerprint density at radius 3 is 2.26 bits per heavy atom. The second-order valence-corrected chi connectivity index (χ2v) is 8.82. The largest absolute Gasteiger partial charge is 0.482 e. The van der Waals surface area contributed by atoms with Crippen LogP contribution < -0.4 is 15.1 Å². The summed E-state index contributed by atoms with van der Waals surface area (Å²) in [5, 5.41) is 0.457. The molecule has 0 unspecified atom stereocenters. The van der Waals surface area contributed by atoms with Crippen molar-refractivity contribution in [1.29, 1.82) is 0 Å². The van der Waals surface area contributed by atoms with Gasteiger partial charge in [0, 0.05) is 24.1 Å². The van der Waals surface area contributed by atoms with Gasteiger partial charge in [0.25, 0.3) is 0 Å². The van der Waals surface area contributed by atoms with E-state index in [4.69, 9.17) is 13.9 Å². The zero-order chi connectivity index (χ0) is 24.7. The van der Waals surface area contributed by atoms with Crippen LogP contribution in [0, 0.1) is 0 Å². The van der Waals surface area contributed by atoms with Crippen LogP contribution in [0.4, 0.5) is 0 Å². The molecule has 6 nitrogen and oxygen atoms in total. The molecule has 4 aromatic rings. The molecular formula is C29H22O6. The van der Waals surface area contributed by atoms with Gasteiger partial charge in [-0.15, -0.1) is 0 Å². The number of fused-ring (bicyclic) bond motifs is 3. The molecule has 1 aliphatic heterocycles. The fraction of sp³-hybridized carbons (Fsp3) is 0.138. The van der Waals surface area contributed by atoms with E-state index in [9.17, 15) is 14.4 Å². The lowest BCUT2D eigenvalue weighted by Crippen LogP contribution is -2.28. The van der Waals surface area contributed by atoms with Crippen LogP contribution in [0.15, 0.2) is 82.0 Å². The van der Waals surface area contributed by atoms with E-state index in [0.29, 0.717) is 27.8 Å². The van der Waals surface area contributed by atoms with Crippen LogP contribution in [-0.4, -0.2) is 17.4 Å². The summed E-state index contributed by atoms with van der Waals surface area (Å²) in [7, 11) is 0. The third kappa shape index (κ3) is 4.04.